The van der Waals surface area contributed by atoms with Crippen molar-refractivity contribution in [2.45, 2.75) is 11.3 Å². The minimum atomic E-state index is -3.64. The van der Waals surface area contributed by atoms with Crippen molar-refractivity contribution in [3.63, 3.8) is 0 Å². The van der Waals surface area contributed by atoms with Crippen LogP contribution in [-0.2, 0) is 16.3 Å². The number of aromatic carboxylic acids is 1. The standard InChI is InChI=1S/C27H21NO5S/c28-15-14-19-4-3-6-22(18-19)20-8-11-23(12-9-20)34(31,32)17-16-33-25-13-10-21-5-1-2-7-24(21)26(25)27(29)30/h1-13,18H,14,16-17H2,(H,29,30). The number of fused-ring (bicyclic) bond motifs is 1. The fraction of sp³-hybridized carbons (Fsp3) is 0.111. The molecule has 0 aliphatic heterocycles. The van der Waals surface area contributed by atoms with Gasteiger partial charge in [0, 0.05) is 0 Å². The predicted octanol–water partition coefficient (Wildman–Crippen LogP) is 5.12. The van der Waals surface area contributed by atoms with E-state index in [1.807, 2.05) is 30.3 Å². The summed E-state index contributed by atoms with van der Waals surface area (Å²) in [6.07, 6.45) is 0.307. The topological polar surface area (TPSA) is 104 Å². The van der Waals surface area contributed by atoms with Crippen LogP contribution >= 0.6 is 0 Å². The first-order chi connectivity index (χ1) is 16.4. The number of rotatable bonds is 8. The molecule has 6 nitrogen and oxygen atoms in total. The zero-order chi connectivity index (χ0) is 24.1. The van der Waals surface area contributed by atoms with Gasteiger partial charge in [0.2, 0.25) is 0 Å². The number of hydrogen-bond donors (Lipinski definition) is 1. The molecule has 0 bridgehead atoms. The quantitative estimate of drug-likeness (QED) is 0.382. The van der Waals surface area contributed by atoms with Crippen molar-refractivity contribution in [3.05, 3.63) is 96.1 Å². The van der Waals surface area contributed by atoms with Gasteiger partial charge in [-0.25, -0.2) is 13.2 Å². The second kappa shape index (κ2) is 9.77. The molecule has 34 heavy (non-hydrogen) atoms. The number of hydrogen-bond acceptors (Lipinski definition) is 5. The fourth-order valence-corrected chi connectivity index (χ4v) is 4.87. The highest BCUT2D eigenvalue weighted by atomic mass is 32.2. The summed E-state index contributed by atoms with van der Waals surface area (Å²) in [5.41, 5.74) is 2.65. The van der Waals surface area contributed by atoms with Gasteiger partial charge in [-0.15, -0.1) is 0 Å². The second-order valence-electron chi connectivity index (χ2n) is 7.69. The van der Waals surface area contributed by atoms with E-state index in [9.17, 15) is 18.3 Å². The van der Waals surface area contributed by atoms with Gasteiger partial charge in [0.05, 0.1) is 23.1 Å². The maximum atomic E-state index is 12.8. The van der Waals surface area contributed by atoms with Gasteiger partial charge in [0.15, 0.2) is 9.84 Å². The van der Waals surface area contributed by atoms with Gasteiger partial charge in [-0.3, -0.25) is 0 Å². The molecule has 1 N–H and O–H groups in total. The molecule has 0 unspecified atom stereocenters. The molecule has 0 aliphatic rings. The Kier molecular flexibility index (Phi) is 6.62. The Hall–Kier alpha value is -4.15. The zero-order valence-corrected chi connectivity index (χ0v) is 19.0. The SMILES string of the molecule is N#CCc1cccc(-c2ccc(S(=O)(=O)CCOc3ccc4ccccc4c3C(=O)O)cc2)c1. The number of benzene rings is 4. The molecule has 7 heteroatoms. The summed E-state index contributed by atoms with van der Waals surface area (Å²) in [5, 5.41) is 19.8. The third-order valence-corrected chi connectivity index (χ3v) is 7.17. The fourth-order valence-electron chi connectivity index (χ4n) is 3.78. The molecular weight excluding hydrogens is 450 g/mol. The molecule has 0 radical (unpaired) electrons. The summed E-state index contributed by atoms with van der Waals surface area (Å²) in [6.45, 7) is -0.182. The van der Waals surface area contributed by atoms with Crippen LogP contribution in [0.1, 0.15) is 15.9 Å². The molecular formula is C27H21NO5S. The van der Waals surface area contributed by atoms with Crippen molar-refractivity contribution in [3.8, 4) is 22.9 Å². The largest absolute Gasteiger partial charge is 0.492 e. The van der Waals surface area contributed by atoms with E-state index in [2.05, 4.69) is 6.07 Å². The van der Waals surface area contributed by atoms with Gasteiger partial charge in [-0.2, -0.15) is 5.26 Å². The Morgan fingerprint density at radius 1 is 0.912 bits per heavy atom. The second-order valence-corrected chi connectivity index (χ2v) is 9.80. The third kappa shape index (κ3) is 4.92. The summed E-state index contributed by atoms with van der Waals surface area (Å²) >= 11 is 0. The lowest BCUT2D eigenvalue weighted by Gasteiger charge is -2.12. The smallest absolute Gasteiger partial charge is 0.340 e. The first kappa shape index (κ1) is 23.0. The summed E-state index contributed by atoms with van der Waals surface area (Å²) in [4.78, 5) is 12.0. The van der Waals surface area contributed by atoms with Crippen LogP contribution in [0.3, 0.4) is 0 Å². The Morgan fingerprint density at radius 2 is 1.68 bits per heavy atom. The molecule has 0 saturated heterocycles. The van der Waals surface area contributed by atoms with E-state index in [1.54, 1.807) is 54.6 Å². The van der Waals surface area contributed by atoms with Crippen molar-refractivity contribution >= 4 is 26.6 Å². The predicted molar refractivity (Wildman–Crippen MR) is 130 cm³/mol. The monoisotopic (exact) mass is 471 g/mol. The lowest BCUT2D eigenvalue weighted by atomic mass is 10.0. The summed E-state index contributed by atoms with van der Waals surface area (Å²) in [6, 6.07) is 26.6. The van der Waals surface area contributed by atoms with Gasteiger partial charge in [-0.05, 0) is 45.7 Å². The average molecular weight is 472 g/mol. The van der Waals surface area contributed by atoms with Crippen LogP contribution in [0.4, 0.5) is 0 Å². The number of ether oxygens (including phenoxy) is 1. The van der Waals surface area contributed by atoms with Crippen molar-refractivity contribution in [2.24, 2.45) is 0 Å². The number of nitrogens with zero attached hydrogens (tertiary/aromatic N) is 1. The Labute approximate surface area is 197 Å². The number of carboxylic acids is 1. The molecule has 4 aromatic carbocycles. The maximum Gasteiger partial charge on any atom is 0.340 e. The van der Waals surface area contributed by atoms with E-state index >= 15 is 0 Å². The Morgan fingerprint density at radius 3 is 2.41 bits per heavy atom. The van der Waals surface area contributed by atoms with Gasteiger partial charge >= 0.3 is 5.97 Å². The van der Waals surface area contributed by atoms with Gasteiger partial charge < -0.3 is 9.84 Å². The van der Waals surface area contributed by atoms with Crippen LogP contribution < -0.4 is 4.74 Å². The van der Waals surface area contributed by atoms with Crippen LogP contribution in [0, 0.1) is 11.3 Å². The molecule has 0 spiro atoms. The molecule has 0 fully saturated rings. The normalized spacial score (nSPS) is 11.1. The van der Waals surface area contributed by atoms with Crippen LogP contribution in [0.25, 0.3) is 21.9 Å². The number of nitriles is 1. The van der Waals surface area contributed by atoms with Crippen LogP contribution in [-0.4, -0.2) is 31.9 Å². The molecule has 4 rings (SSSR count). The molecule has 0 heterocycles. The highest BCUT2D eigenvalue weighted by Crippen LogP contribution is 2.28. The lowest BCUT2D eigenvalue weighted by Crippen LogP contribution is -2.15. The minimum absolute atomic E-state index is 0.0125. The van der Waals surface area contributed by atoms with Crippen LogP contribution in [0.5, 0.6) is 5.75 Å². The highest BCUT2D eigenvalue weighted by molar-refractivity contribution is 7.91. The molecule has 0 aromatic heterocycles. The van der Waals surface area contributed by atoms with Crippen molar-refractivity contribution < 1.29 is 23.1 Å². The number of sulfone groups is 1. The van der Waals surface area contributed by atoms with E-state index in [-0.39, 0.29) is 28.6 Å². The van der Waals surface area contributed by atoms with E-state index in [0.29, 0.717) is 11.8 Å². The number of carbonyl (C=O) groups is 1. The zero-order valence-electron chi connectivity index (χ0n) is 18.1. The third-order valence-electron chi connectivity index (χ3n) is 5.47. The molecule has 0 aliphatic carbocycles. The van der Waals surface area contributed by atoms with Crippen molar-refractivity contribution in [1.82, 2.24) is 0 Å². The molecule has 4 aromatic rings. The molecule has 0 atom stereocenters. The van der Waals surface area contributed by atoms with Crippen molar-refractivity contribution in [1.29, 1.82) is 5.26 Å². The van der Waals surface area contributed by atoms with Crippen LogP contribution in [0.15, 0.2) is 89.8 Å². The van der Waals surface area contributed by atoms with E-state index < -0.39 is 15.8 Å². The van der Waals surface area contributed by atoms with Crippen molar-refractivity contribution in [2.75, 3.05) is 12.4 Å². The first-order valence-corrected chi connectivity index (χ1v) is 12.2. The summed E-state index contributed by atoms with van der Waals surface area (Å²) < 4.78 is 31.2. The van der Waals surface area contributed by atoms with E-state index in [1.165, 1.54) is 0 Å². The molecule has 0 saturated carbocycles. The lowest BCUT2D eigenvalue weighted by molar-refractivity contribution is 0.0695. The number of carboxylic acid groups (broad SMARTS) is 1. The molecule has 0 amide bonds. The minimum Gasteiger partial charge on any atom is -0.492 e. The van der Waals surface area contributed by atoms with E-state index in [4.69, 9.17) is 10.00 Å². The maximum absolute atomic E-state index is 12.8. The van der Waals surface area contributed by atoms with Crippen LogP contribution in [0.2, 0.25) is 0 Å². The first-order valence-electron chi connectivity index (χ1n) is 10.6. The van der Waals surface area contributed by atoms with E-state index in [0.717, 1.165) is 22.1 Å². The van der Waals surface area contributed by atoms with Gasteiger partial charge in [0.1, 0.15) is 17.9 Å². The average Bonchev–Trinajstić information content (AvgIpc) is 2.84. The molecule has 170 valence electrons. The Balaban J connectivity index is 1.48. The highest BCUT2D eigenvalue weighted by Gasteiger charge is 2.18. The van der Waals surface area contributed by atoms with Gasteiger partial charge in [0.25, 0.3) is 0 Å². The Bertz CT molecular complexity index is 1500. The summed E-state index contributed by atoms with van der Waals surface area (Å²) in [5.74, 6) is -1.30. The van der Waals surface area contributed by atoms with Gasteiger partial charge in [-0.1, -0.05) is 66.7 Å². The summed E-state index contributed by atoms with van der Waals surface area (Å²) in [7, 11) is -3.64.